The van der Waals surface area contributed by atoms with Crippen molar-refractivity contribution in [3.63, 3.8) is 0 Å². The van der Waals surface area contributed by atoms with Crippen LogP contribution in [-0.4, -0.2) is 64.7 Å². The summed E-state index contributed by atoms with van der Waals surface area (Å²) in [5.74, 6) is -1.33. The van der Waals surface area contributed by atoms with Crippen LogP contribution < -0.4 is 5.73 Å². The fraction of sp³-hybridized carbons (Fsp3) is 0.615. The van der Waals surface area contributed by atoms with Gasteiger partial charge in [0, 0.05) is 12.6 Å². The second-order valence-corrected chi connectivity index (χ2v) is 5.68. The predicted octanol–water partition coefficient (Wildman–Crippen LogP) is -0.0338. The zero-order valence-corrected chi connectivity index (χ0v) is 12.6. The Morgan fingerprint density at radius 1 is 1.43 bits per heavy atom. The first-order valence-electron chi connectivity index (χ1n) is 6.41. The zero-order valence-electron chi connectivity index (χ0n) is 12.6. The van der Waals surface area contributed by atoms with Gasteiger partial charge in [-0.05, 0) is 20.8 Å². The number of hydrogen-bond donors (Lipinski definition) is 3. The topological polar surface area (TPSA) is 125 Å². The quantitative estimate of drug-likeness (QED) is 0.584. The van der Waals surface area contributed by atoms with E-state index < -0.39 is 29.5 Å². The number of carboxylic acids is 1. The molecule has 0 saturated carbocycles. The van der Waals surface area contributed by atoms with Crippen LogP contribution in [0.2, 0.25) is 0 Å². The second kappa shape index (κ2) is 6.13. The van der Waals surface area contributed by atoms with Gasteiger partial charge < -0.3 is 25.6 Å². The Morgan fingerprint density at radius 3 is 2.43 bits per heavy atom. The van der Waals surface area contributed by atoms with Crippen molar-refractivity contribution in [2.24, 2.45) is 10.7 Å². The summed E-state index contributed by atoms with van der Waals surface area (Å²) in [6, 6.07) is 0. The minimum Gasteiger partial charge on any atom is -0.477 e. The largest absolute Gasteiger partial charge is 0.477 e. The fourth-order valence-corrected chi connectivity index (χ4v) is 1.93. The molecule has 1 rings (SSSR count). The van der Waals surface area contributed by atoms with Gasteiger partial charge >= 0.3 is 12.1 Å². The van der Waals surface area contributed by atoms with Gasteiger partial charge in [0.05, 0.1) is 18.8 Å². The van der Waals surface area contributed by atoms with Crippen LogP contribution in [0.15, 0.2) is 16.3 Å². The maximum Gasteiger partial charge on any atom is 0.410 e. The van der Waals surface area contributed by atoms with Gasteiger partial charge in [-0.25, -0.2) is 9.59 Å². The summed E-state index contributed by atoms with van der Waals surface area (Å²) in [7, 11) is 1.43. The van der Waals surface area contributed by atoms with E-state index in [0.29, 0.717) is 0 Å². The number of nitrogens with zero attached hydrogens (tertiary/aromatic N) is 2. The minimum atomic E-state index is -1.33. The highest BCUT2D eigenvalue weighted by atomic mass is 16.6. The van der Waals surface area contributed by atoms with Crippen LogP contribution in [-0.2, 0) is 9.53 Å². The van der Waals surface area contributed by atoms with Crippen molar-refractivity contribution >= 4 is 17.8 Å². The normalized spacial score (nSPS) is 24.0. The molecule has 1 amide bonds. The smallest absolute Gasteiger partial charge is 0.410 e. The maximum absolute atomic E-state index is 12.0. The van der Waals surface area contributed by atoms with E-state index in [2.05, 4.69) is 4.99 Å². The minimum absolute atomic E-state index is 0.0298. The molecule has 21 heavy (non-hydrogen) atoms. The monoisotopic (exact) mass is 299 g/mol. The number of amides is 1. The number of rotatable bonds is 1. The van der Waals surface area contributed by atoms with Crippen LogP contribution >= 0.6 is 0 Å². The molecule has 1 saturated heterocycles. The van der Waals surface area contributed by atoms with E-state index in [1.54, 1.807) is 20.8 Å². The van der Waals surface area contributed by atoms with E-state index in [0.717, 1.165) is 0 Å². The highest BCUT2D eigenvalue weighted by Gasteiger charge is 2.34. The van der Waals surface area contributed by atoms with Crippen molar-refractivity contribution < 1.29 is 24.5 Å². The van der Waals surface area contributed by atoms with Gasteiger partial charge in [0.1, 0.15) is 17.4 Å². The summed E-state index contributed by atoms with van der Waals surface area (Å²) >= 11 is 0. The molecule has 1 atom stereocenters. The molecular formula is C13H21N3O5. The molecule has 0 aromatic rings. The van der Waals surface area contributed by atoms with E-state index in [4.69, 9.17) is 15.6 Å². The van der Waals surface area contributed by atoms with Gasteiger partial charge in [-0.2, -0.15) is 0 Å². The molecular weight excluding hydrogens is 278 g/mol. The maximum atomic E-state index is 12.0. The molecule has 0 spiro atoms. The summed E-state index contributed by atoms with van der Waals surface area (Å²) in [4.78, 5) is 28.1. The first-order valence-corrected chi connectivity index (χ1v) is 6.41. The SMILES string of the molecule is CN=C1C(=C(N)C(=O)O)CN(C(=O)OC(C)(C)C)CC1O. The van der Waals surface area contributed by atoms with Gasteiger partial charge in [-0.15, -0.1) is 0 Å². The molecule has 0 radical (unpaired) electrons. The van der Waals surface area contributed by atoms with Crippen LogP contribution in [0, 0.1) is 0 Å². The number of β-amino-alcohol motifs (C(OH)–C–C–N with tert-alkyl or cyclic N) is 1. The molecule has 4 N–H and O–H groups in total. The number of aliphatic hydroxyl groups is 1. The van der Waals surface area contributed by atoms with Crippen LogP contribution in [0.3, 0.4) is 0 Å². The molecule has 1 unspecified atom stereocenters. The average molecular weight is 299 g/mol. The van der Waals surface area contributed by atoms with Gasteiger partial charge in [0.2, 0.25) is 0 Å². The van der Waals surface area contributed by atoms with Gasteiger partial charge in [0.25, 0.3) is 0 Å². The van der Waals surface area contributed by atoms with E-state index >= 15 is 0 Å². The molecule has 8 nitrogen and oxygen atoms in total. The van der Waals surface area contributed by atoms with E-state index in [1.165, 1.54) is 11.9 Å². The molecule has 1 aliphatic heterocycles. The Labute approximate surface area is 122 Å². The third-order valence-electron chi connectivity index (χ3n) is 2.82. The Hall–Kier alpha value is -2.09. The number of hydrogen-bond acceptors (Lipinski definition) is 6. The third-order valence-corrected chi connectivity index (χ3v) is 2.82. The summed E-state index contributed by atoms with van der Waals surface area (Å²) in [6.07, 6.45) is -1.75. The predicted molar refractivity (Wildman–Crippen MR) is 76.0 cm³/mol. The Kier molecular flexibility index (Phi) is 4.95. The van der Waals surface area contributed by atoms with E-state index in [-0.39, 0.29) is 24.4 Å². The molecule has 1 aliphatic rings. The van der Waals surface area contributed by atoms with E-state index in [9.17, 15) is 14.7 Å². The van der Waals surface area contributed by atoms with Crippen LogP contribution in [0.4, 0.5) is 4.79 Å². The van der Waals surface area contributed by atoms with Gasteiger partial charge in [-0.3, -0.25) is 4.99 Å². The number of ether oxygens (including phenoxy) is 1. The highest BCUT2D eigenvalue weighted by Crippen LogP contribution is 2.19. The average Bonchev–Trinajstić information content (AvgIpc) is 2.34. The first-order chi connectivity index (χ1) is 9.56. The third kappa shape index (κ3) is 4.19. The number of aliphatic hydroxyl groups excluding tert-OH is 1. The van der Waals surface area contributed by atoms with Gasteiger partial charge in [0.15, 0.2) is 0 Å². The van der Waals surface area contributed by atoms with Crippen LogP contribution in [0.25, 0.3) is 0 Å². The summed E-state index contributed by atoms with van der Waals surface area (Å²) in [5, 5.41) is 19.0. The number of carboxylic acid groups (broad SMARTS) is 1. The standard InChI is InChI=1S/C13H21N3O5/c1-13(2,3)21-12(20)16-5-7(9(14)11(18)19)10(15-4)8(17)6-16/h8,17H,5-6,14H2,1-4H3,(H,18,19). The summed E-state index contributed by atoms with van der Waals surface area (Å²) in [5.41, 5.74) is 4.68. The molecule has 0 aliphatic carbocycles. The van der Waals surface area contributed by atoms with Crippen molar-refractivity contribution in [3.8, 4) is 0 Å². The lowest BCUT2D eigenvalue weighted by atomic mass is 9.97. The van der Waals surface area contributed by atoms with Crippen molar-refractivity contribution in [3.05, 3.63) is 11.3 Å². The Balaban J connectivity index is 3.08. The number of likely N-dealkylation sites (tertiary alicyclic amines) is 1. The molecule has 8 heteroatoms. The lowest BCUT2D eigenvalue weighted by Gasteiger charge is -2.34. The second-order valence-electron chi connectivity index (χ2n) is 5.68. The molecule has 0 aromatic carbocycles. The lowest BCUT2D eigenvalue weighted by Crippen LogP contribution is -2.50. The Bertz CT molecular complexity index is 504. The molecule has 118 valence electrons. The van der Waals surface area contributed by atoms with Crippen molar-refractivity contribution in [2.45, 2.75) is 32.5 Å². The van der Waals surface area contributed by atoms with E-state index in [1.807, 2.05) is 0 Å². The van der Waals surface area contributed by atoms with Crippen LogP contribution in [0.1, 0.15) is 20.8 Å². The number of carbonyl (C=O) groups is 2. The number of aliphatic carboxylic acids is 1. The Morgan fingerprint density at radius 2 is 2.00 bits per heavy atom. The lowest BCUT2D eigenvalue weighted by molar-refractivity contribution is -0.132. The van der Waals surface area contributed by atoms with Gasteiger partial charge in [-0.1, -0.05) is 0 Å². The summed E-state index contributed by atoms with van der Waals surface area (Å²) in [6.45, 7) is 5.04. The van der Waals surface area contributed by atoms with Crippen molar-refractivity contribution in [2.75, 3.05) is 20.1 Å². The first kappa shape index (κ1) is 17.0. The number of carbonyl (C=O) groups excluding carboxylic acids is 1. The number of aliphatic imine (C=N–C) groups is 1. The van der Waals surface area contributed by atoms with Crippen molar-refractivity contribution in [1.82, 2.24) is 4.90 Å². The molecule has 0 bridgehead atoms. The fourth-order valence-electron chi connectivity index (χ4n) is 1.93. The zero-order chi connectivity index (χ0) is 16.4. The van der Waals surface area contributed by atoms with Crippen LogP contribution in [0.5, 0.6) is 0 Å². The molecule has 0 aromatic heterocycles. The number of nitrogens with two attached hydrogens (primary N) is 1. The number of piperidine rings is 1. The highest BCUT2D eigenvalue weighted by molar-refractivity contribution is 6.09. The van der Waals surface area contributed by atoms with Crippen molar-refractivity contribution in [1.29, 1.82) is 0 Å². The molecule has 1 fully saturated rings. The summed E-state index contributed by atoms with van der Waals surface area (Å²) < 4.78 is 5.21. The molecule has 1 heterocycles.